The fourth-order valence-corrected chi connectivity index (χ4v) is 5.10. The maximum absolute atomic E-state index is 13.4. The van der Waals surface area contributed by atoms with E-state index >= 15 is 0 Å². The van der Waals surface area contributed by atoms with E-state index < -0.39 is 0 Å². The molecule has 2 amide bonds. The van der Waals surface area contributed by atoms with Crippen LogP contribution in [0.4, 0.5) is 0 Å². The first kappa shape index (κ1) is 26.8. The van der Waals surface area contributed by atoms with E-state index in [4.69, 9.17) is 32.6 Å². The summed E-state index contributed by atoms with van der Waals surface area (Å²) >= 11 is 6.60. The van der Waals surface area contributed by atoms with Crippen molar-refractivity contribution >= 4 is 34.3 Å². The Kier molecular flexibility index (Phi) is 7.90. The number of amides is 2. The average molecular weight is 547 g/mol. The molecule has 2 fully saturated rings. The lowest BCUT2D eigenvalue weighted by molar-refractivity contribution is -0.128. The summed E-state index contributed by atoms with van der Waals surface area (Å²) in [6, 6.07) is 12.8. The van der Waals surface area contributed by atoms with Crippen LogP contribution in [0.15, 0.2) is 59.4 Å². The lowest BCUT2D eigenvalue weighted by Gasteiger charge is -2.34. The van der Waals surface area contributed by atoms with Gasteiger partial charge in [-0.25, -0.2) is 10.5 Å². The summed E-state index contributed by atoms with van der Waals surface area (Å²) in [5.74, 6) is 0.955. The summed E-state index contributed by atoms with van der Waals surface area (Å²) in [5.41, 5.74) is 17.0. The Morgan fingerprint density at radius 1 is 1.13 bits per heavy atom. The van der Waals surface area contributed by atoms with E-state index in [-0.39, 0.29) is 17.5 Å². The number of ether oxygens (including phenoxy) is 1. The number of pyridine rings is 1. The van der Waals surface area contributed by atoms with Crippen molar-refractivity contribution < 1.29 is 14.3 Å². The van der Waals surface area contributed by atoms with Gasteiger partial charge < -0.3 is 20.3 Å². The second-order valence-corrected chi connectivity index (χ2v) is 10.3. The van der Waals surface area contributed by atoms with E-state index in [1.54, 1.807) is 41.2 Å². The van der Waals surface area contributed by atoms with Gasteiger partial charge in [-0.05, 0) is 61.6 Å². The molecule has 10 heteroatoms. The fraction of sp³-hybridized carbons (Fsp3) is 0.345. The average Bonchev–Trinajstić information content (AvgIpc) is 3.81. The molecule has 0 bridgehead atoms. The van der Waals surface area contributed by atoms with Crippen molar-refractivity contribution in [1.82, 2.24) is 14.8 Å². The lowest BCUT2D eigenvalue weighted by Crippen LogP contribution is -2.50. The molecule has 1 saturated heterocycles. The number of benzene rings is 2. The van der Waals surface area contributed by atoms with E-state index in [0.717, 1.165) is 22.9 Å². The standard InChI is InChI=1S/C29H31ClN6O3/c1-39-27-9-6-19(14-21(27)17-31)25-16-23(30)22-7-5-20(15-26(22)33-25)28(37)35-10-12-36(13-11-35)29(38)24(34-32)8-4-18-2-3-18/h5-9,14-16,18,32H,2-4,10-13,17,31H2,1H3/b24-8-,34-32?. The first-order valence-electron chi connectivity index (χ1n) is 13.1. The number of nitrogens with two attached hydrogens (primary N) is 1. The lowest BCUT2D eigenvalue weighted by atomic mass is 10.0. The third kappa shape index (κ3) is 5.79. The Hall–Kier alpha value is -3.82. The maximum atomic E-state index is 13.4. The number of hydrogen-bond acceptors (Lipinski definition) is 7. The summed E-state index contributed by atoms with van der Waals surface area (Å²) in [6.07, 6.45) is 4.90. The van der Waals surface area contributed by atoms with Gasteiger partial charge in [-0.2, -0.15) is 5.11 Å². The highest BCUT2D eigenvalue weighted by Gasteiger charge is 2.28. The van der Waals surface area contributed by atoms with Gasteiger partial charge in [0.25, 0.3) is 11.8 Å². The molecule has 2 aliphatic rings. The molecule has 202 valence electrons. The van der Waals surface area contributed by atoms with E-state index in [0.29, 0.717) is 66.2 Å². The Morgan fingerprint density at radius 3 is 2.54 bits per heavy atom. The number of halogens is 1. The topological polar surface area (TPSA) is 125 Å². The SMILES string of the molecule is COc1ccc(-c2cc(Cl)c3ccc(C(=O)N4CCN(C(=O)/C(=C/CC5CC5)N=N)CC4)cc3n2)cc1CN. The van der Waals surface area contributed by atoms with Crippen LogP contribution >= 0.6 is 11.6 Å². The van der Waals surface area contributed by atoms with Crippen LogP contribution in [-0.4, -0.2) is 59.9 Å². The Labute approximate surface area is 232 Å². The number of allylic oxidation sites excluding steroid dienone is 1. The third-order valence-corrected chi connectivity index (χ3v) is 7.65. The maximum Gasteiger partial charge on any atom is 0.274 e. The monoisotopic (exact) mass is 546 g/mol. The number of nitrogens with one attached hydrogen (secondary N) is 1. The molecule has 0 radical (unpaired) electrons. The zero-order valence-corrected chi connectivity index (χ0v) is 22.6. The molecule has 1 aromatic heterocycles. The van der Waals surface area contributed by atoms with Crippen molar-refractivity contribution in [3.8, 4) is 17.0 Å². The van der Waals surface area contributed by atoms with Crippen molar-refractivity contribution in [2.45, 2.75) is 25.8 Å². The molecule has 3 N–H and O–H groups in total. The van der Waals surface area contributed by atoms with Crippen LogP contribution in [0.1, 0.15) is 35.2 Å². The van der Waals surface area contributed by atoms with Crippen LogP contribution in [0.5, 0.6) is 5.75 Å². The summed E-state index contributed by atoms with van der Waals surface area (Å²) in [5, 5.41) is 4.75. The highest BCUT2D eigenvalue weighted by molar-refractivity contribution is 6.35. The van der Waals surface area contributed by atoms with E-state index in [1.165, 1.54) is 12.8 Å². The first-order valence-corrected chi connectivity index (χ1v) is 13.4. The van der Waals surface area contributed by atoms with Gasteiger partial charge >= 0.3 is 0 Å². The van der Waals surface area contributed by atoms with Crippen molar-refractivity contribution in [3.05, 3.63) is 70.4 Å². The number of nitrogens with zero attached hydrogens (tertiary/aromatic N) is 4. The molecule has 2 heterocycles. The predicted molar refractivity (Wildman–Crippen MR) is 150 cm³/mol. The molecule has 1 aliphatic carbocycles. The van der Waals surface area contributed by atoms with Gasteiger partial charge in [0.1, 0.15) is 11.4 Å². The van der Waals surface area contributed by atoms with E-state index in [2.05, 4.69) is 5.11 Å². The number of aromatic nitrogens is 1. The van der Waals surface area contributed by atoms with E-state index in [9.17, 15) is 9.59 Å². The highest BCUT2D eigenvalue weighted by Crippen LogP contribution is 2.33. The Bertz CT molecular complexity index is 1460. The molecule has 0 atom stereocenters. The number of carbonyl (C=O) groups excluding carboxylic acids is 2. The predicted octanol–water partition coefficient (Wildman–Crippen LogP) is 5.02. The summed E-state index contributed by atoms with van der Waals surface area (Å²) in [6.45, 7) is 1.91. The largest absolute Gasteiger partial charge is 0.496 e. The molecule has 1 aliphatic heterocycles. The zero-order valence-electron chi connectivity index (χ0n) is 21.8. The number of rotatable bonds is 8. The van der Waals surface area contributed by atoms with Gasteiger partial charge in [0, 0.05) is 54.8 Å². The van der Waals surface area contributed by atoms with Crippen molar-refractivity contribution in [2.24, 2.45) is 16.8 Å². The number of fused-ring (bicyclic) bond motifs is 1. The minimum atomic E-state index is -0.244. The van der Waals surface area contributed by atoms with Crippen LogP contribution in [0, 0.1) is 11.4 Å². The molecule has 0 spiro atoms. The van der Waals surface area contributed by atoms with Gasteiger partial charge in [0.2, 0.25) is 0 Å². The second kappa shape index (κ2) is 11.5. The minimum Gasteiger partial charge on any atom is -0.496 e. The Morgan fingerprint density at radius 2 is 1.87 bits per heavy atom. The van der Waals surface area contributed by atoms with Gasteiger partial charge in [0.15, 0.2) is 0 Å². The molecular formula is C29H31ClN6O3. The number of methoxy groups -OCH3 is 1. The molecule has 5 rings (SSSR count). The quantitative estimate of drug-likeness (QED) is 0.303. The number of carbonyl (C=O) groups is 2. The smallest absolute Gasteiger partial charge is 0.274 e. The Balaban J connectivity index is 1.31. The first-order chi connectivity index (χ1) is 18.9. The highest BCUT2D eigenvalue weighted by atomic mass is 35.5. The van der Waals surface area contributed by atoms with Crippen LogP contribution < -0.4 is 10.5 Å². The molecule has 39 heavy (non-hydrogen) atoms. The fourth-order valence-electron chi connectivity index (χ4n) is 4.83. The molecule has 1 saturated carbocycles. The molecular weight excluding hydrogens is 516 g/mol. The van der Waals surface area contributed by atoms with Crippen molar-refractivity contribution in [3.63, 3.8) is 0 Å². The van der Waals surface area contributed by atoms with Gasteiger partial charge in [-0.1, -0.05) is 23.7 Å². The van der Waals surface area contributed by atoms with Gasteiger partial charge in [0.05, 0.1) is 23.3 Å². The molecule has 3 aromatic rings. The molecule has 0 unspecified atom stereocenters. The van der Waals surface area contributed by atoms with Crippen LogP contribution in [0.2, 0.25) is 5.02 Å². The normalized spacial score (nSPS) is 15.9. The number of hydrogen-bond donors (Lipinski definition) is 2. The molecule has 2 aromatic carbocycles. The van der Waals surface area contributed by atoms with Crippen molar-refractivity contribution in [1.29, 1.82) is 5.53 Å². The zero-order chi connectivity index (χ0) is 27.5. The molecule has 9 nitrogen and oxygen atoms in total. The second-order valence-electron chi connectivity index (χ2n) is 9.92. The van der Waals surface area contributed by atoms with Crippen LogP contribution in [-0.2, 0) is 11.3 Å². The third-order valence-electron chi connectivity index (χ3n) is 7.34. The van der Waals surface area contributed by atoms with Crippen molar-refractivity contribution in [2.75, 3.05) is 33.3 Å². The van der Waals surface area contributed by atoms with Crippen LogP contribution in [0.3, 0.4) is 0 Å². The minimum absolute atomic E-state index is 0.128. The summed E-state index contributed by atoms with van der Waals surface area (Å²) in [4.78, 5) is 34.4. The van der Waals surface area contributed by atoms with Gasteiger partial charge in [-0.15, -0.1) is 0 Å². The van der Waals surface area contributed by atoms with Crippen LogP contribution in [0.25, 0.3) is 22.2 Å². The van der Waals surface area contributed by atoms with E-state index in [1.807, 2.05) is 24.3 Å². The summed E-state index contributed by atoms with van der Waals surface area (Å²) < 4.78 is 5.37. The number of piperazine rings is 1. The van der Waals surface area contributed by atoms with Gasteiger partial charge in [-0.3, -0.25) is 9.59 Å². The summed E-state index contributed by atoms with van der Waals surface area (Å²) in [7, 11) is 1.60.